The number of hydrogen-bond donors (Lipinski definition) is 0. The fraction of sp³-hybridized carbons (Fsp3) is 0.500. The van der Waals surface area contributed by atoms with Crippen molar-refractivity contribution in [2.24, 2.45) is 5.92 Å². The minimum absolute atomic E-state index is 0.109. The lowest BCUT2D eigenvalue weighted by atomic mass is 9.85. The van der Waals surface area contributed by atoms with Crippen LogP contribution in [0.3, 0.4) is 0 Å². The van der Waals surface area contributed by atoms with Crippen molar-refractivity contribution in [1.82, 2.24) is 4.90 Å². The molecule has 1 fully saturated rings. The van der Waals surface area contributed by atoms with E-state index in [1.54, 1.807) is 17.7 Å². The lowest BCUT2D eigenvalue weighted by Crippen LogP contribution is -2.47. The van der Waals surface area contributed by atoms with Crippen molar-refractivity contribution in [2.75, 3.05) is 37.6 Å². The number of nitrogens with zero attached hydrogens (tertiary/aromatic N) is 2. The molecule has 124 valence electrons. The molecule has 1 atom stereocenters. The Balaban J connectivity index is 1.50. The number of anilines is 1. The fourth-order valence-corrected chi connectivity index (χ4v) is 3.62. The summed E-state index contributed by atoms with van der Waals surface area (Å²) in [7, 11) is 0. The maximum Gasteiger partial charge on any atom is 0.146 e. The Kier molecular flexibility index (Phi) is 5.16. The zero-order valence-corrected chi connectivity index (χ0v) is 14.1. The van der Waals surface area contributed by atoms with Gasteiger partial charge in [-0.05, 0) is 44.2 Å². The smallest absolute Gasteiger partial charge is 0.146 e. The molecule has 1 saturated heterocycles. The van der Waals surface area contributed by atoms with Crippen LogP contribution in [-0.2, 0) is 0 Å². The third kappa shape index (κ3) is 4.03. The fourth-order valence-electron chi connectivity index (χ4n) is 3.62. The Labute approximate surface area is 139 Å². The van der Waals surface area contributed by atoms with Crippen LogP contribution in [0.1, 0.15) is 26.2 Å². The van der Waals surface area contributed by atoms with Crippen molar-refractivity contribution in [3.8, 4) is 0 Å². The number of benzene rings is 1. The second-order valence-electron chi connectivity index (χ2n) is 6.89. The van der Waals surface area contributed by atoms with Gasteiger partial charge in [0.25, 0.3) is 0 Å². The summed E-state index contributed by atoms with van der Waals surface area (Å²) >= 11 is 0. The third-order valence-corrected chi connectivity index (χ3v) is 5.19. The highest BCUT2D eigenvalue weighted by atomic mass is 19.1. The minimum atomic E-state index is -0.109. The summed E-state index contributed by atoms with van der Waals surface area (Å²) in [5, 5.41) is 0. The van der Waals surface area contributed by atoms with Crippen LogP contribution < -0.4 is 4.90 Å². The van der Waals surface area contributed by atoms with Crippen molar-refractivity contribution >= 4 is 5.69 Å². The largest absolute Gasteiger partial charge is 0.367 e. The monoisotopic (exact) mass is 314 g/mol. The van der Waals surface area contributed by atoms with Crippen LogP contribution in [-0.4, -0.2) is 37.6 Å². The zero-order valence-electron chi connectivity index (χ0n) is 14.1. The molecule has 1 unspecified atom stereocenters. The molecule has 1 aliphatic carbocycles. The van der Waals surface area contributed by atoms with Crippen molar-refractivity contribution in [3.63, 3.8) is 0 Å². The average molecular weight is 314 g/mol. The van der Waals surface area contributed by atoms with Gasteiger partial charge in [-0.1, -0.05) is 35.9 Å². The van der Waals surface area contributed by atoms with E-state index in [9.17, 15) is 4.39 Å². The second kappa shape index (κ2) is 7.31. The van der Waals surface area contributed by atoms with E-state index in [-0.39, 0.29) is 5.82 Å². The lowest BCUT2D eigenvalue weighted by molar-refractivity contribution is 0.272. The third-order valence-electron chi connectivity index (χ3n) is 5.19. The van der Waals surface area contributed by atoms with E-state index in [0.717, 1.165) is 44.8 Å². The summed E-state index contributed by atoms with van der Waals surface area (Å²) in [4.78, 5) is 4.67. The van der Waals surface area contributed by atoms with Gasteiger partial charge in [0.15, 0.2) is 0 Å². The van der Waals surface area contributed by atoms with Crippen LogP contribution in [0, 0.1) is 11.7 Å². The molecule has 0 spiro atoms. The molecule has 2 nitrogen and oxygen atoms in total. The van der Waals surface area contributed by atoms with Gasteiger partial charge in [-0.15, -0.1) is 0 Å². The summed E-state index contributed by atoms with van der Waals surface area (Å²) in [5.74, 6) is 0.568. The van der Waals surface area contributed by atoms with Gasteiger partial charge in [-0.3, -0.25) is 4.90 Å². The maximum absolute atomic E-state index is 13.9. The van der Waals surface area contributed by atoms with E-state index in [1.165, 1.54) is 18.4 Å². The molecule has 0 N–H and O–H groups in total. The molecule has 0 bridgehead atoms. The number of allylic oxidation sites excluding steroid dienone is 2. The molecular formula is C20H27FN2. The molecule has 0 aromatic heterocycles. The summed E-state index contributed by atoms with van der Waals surface area (Å²) in [5.41, 5.74) is 3.63. The topological polar surface area (TPSA) is 6.48 Å². The summed E-state index contributed by atoms with van der Waals surface area (Å²) in [6, 6.07) is 7.09. The van der Waals surface area contributed by atoms with Gasteiger partial charge < -0.3 is 4.90 Å². The SMILES string of the molecule is C=C(C)C1CC=C(CN2CCN(c3ccccc3F)CC2)CC1. The number of piperazine rings is 1. The first kappa shape index (κ1) is 16.3. The van der Waals surface area contributed by atoms with E-state index < -0.39 is 0 Å². The average Bonchev–Trinajstić information content (AvgIpc) is 2.57. The first-order chi connectivity index (χ1) is 11.1. The molecule has 1 aromatic rings. The molecule has 0 radical (unpaired) electrons. The molecule has 3 heteroatoms. The second-order valence-corrected chi connectivity index (χ2v) is 6.89. The van der Waals surface area contributed by atoms with Crippen LogP contribution in [0.2, 0.25) is 0 Å². The van der Waals surface area contributed by atoms with Crippen molar-refractivity contribution in [1.29, 1.82) is 0 Å². The zero-order chi connectivity index (χ0) is 16.2. The Morgan fingerprint density at radius 1 is 1.22 bits per heavy atom. The van der Waals surface area contributed by atoms with Gasteiger partial charge in [-0.25, -0.2) is 4.39 Å². The van der Waals surface area contributed by atoms with Crippen molar-refractivity contribution in [3.05, 3.63) is 53.9 Å². The Hall–Kier alpha value is -1.61. The Bertz CT molecular complexity index is 585. The highest BCUT2D eigenvalue weighted by Crippen LogP contribution is 2.29. The first-order valence-electron chi connectivity index (χ1n) is 8.68. The highest BCUT2D eigenvalue weighted by Gasteiger charge is 2.21. The molecule has 23 heavy (non-hydrogen) atoms. The molecule has 0 saturated carbocycles. The van der Waals surface area contributed by atoms with Crippen molar-refractivity contribution < 1.29 is 4.39 Å². The molecule has 0 amide bonds. The van der Waals surface area contributed by atoms with Gasteiger partial charge >= 0.3 is 0 Å². The normalized spacial score (nSPS) is 22.8. The number of para-hydroxylation sites is 1. The number of hydrogen-bond acceptors (Lipinski definition) is 2. The predicted molar refractivity (Wildman–Crippen MR) is 95.3 cm³/mol. The van der Waals surface area contributed by atoms with Crippen molar-refractivity contribution in [2.45, 2.75) is 26.2 Å². The molecule has 1 aliphatic heterocycles. The first-order valence-corrected chi connectivity index (χ1v) is 8.68. The van der Waals surface area contributed by atoms with Crippen LogP contribution in [0.4, 0.5) is 10.1 Å². The lowest BCUT2D eigenvalue weighted by Gasteiger charge is -2.37. The molecule has 2 aliphatic rings. The molecule has 1 aromatic carbocycles. The quantitative estimate of drug-likeness (QED) is 0.767. The number of halogens is 1. The van der Waals surface area contributed by atoms with Crippen LogP contribution in [0.15, 0.2) is 48.1 Å². The predicted octanol–water partition coefficient (Wildman–Crippen LogP) is 4.25. The van der Waals surface area contributed by atoms with E-state index in [0.29, 0.717) is 5.92 Å². The highest BCUT2D eigenvalue weighted by molar-refractivity contribution is 5.48. The van der Waals surface area contributed by atoms with Crippen LogP contribution in [0.5, 0.6) is 0 Å². The molecular weight excluding hydrogens is 287 g/mol. The minimum Gasteiger partial charge on any atom is -0.367 e. The van der Waals surface area contributed by atoms with Crippen LogP contribution in [0.25, 0.3) is 0 Å². The van der Waals surface area contributed by atoms with Gasteiger partial charge in [-0.2, -0.15) is 0 Å². The van der Waals surface area contributed by atoms with Gasteiger partial charge in [0.2, 0.25) is 0 Å². The van der Waals surface area contributed by atoms with E-state index in [2.05, 4.69) is 29.4 Å². The molecule has 3 rings (SSSR count). The summed E-state index contributed by atoms with van der Waals surface area (Å²) in [6.45, 7) is 11.1. The van der Waals surface area contributed by atoms with Gasteiger partial charge in [0, 0.05) is 32.7 Å². The summed E-state index contributed by atoms with van der Waals surface area (Å²) < 4.78 is 13.9. The maximum atomic E-state index is 13.9. The van der Waals surface area contributed by atoms with E-state index in [4.69, 9.17) is 0 Å². The van der Waals surface area contributed by atoms with Crippen LogP contribution >= 0.6 is 0 Å². The van der Waals surface area contributed by atoms with Gasteiger partial charge in [0.05, 0.1) is 5.69 Å². The molecule has 1 heterocycles. The Morgan fingerprint density at radius 2 is 1.96 bits per heavy atom. The van der Waals surface area contributed by atoms with Gasteiger partial charge in [0.1, 0.15) is 5.82 Å². The van der Waals surface area contributed by atoms with E-state index >= 15 is 0 Å². The Morgan fingerprint density at radius 3 is 2.57 bits per heavy atom. The summed E-state index contributed by atoms with van der Waals surface area (Å²) in [6.07, 6.45) is 6.02. The standard InChI is InChI=1S/C20H27FN2/c1-16(2)18-9-7-17(8-10-18)15-22-11-13-23(14-12-22)20-6-4-3-5-19(20)21/h3-7,18H,1,8-15H2,2H3. The van der Waals surface area contributed by atoms with E-state index in [1.807, 2.05) is 12.1 Å². The number of rotatable bonds is 4.